The molecule has 0 amide bonds. The Bertz CT molecular complexity index is 64.6. The smallest absolute Gasteiger partial charge is 0.00884 e. The van der Waals surface area contributed by atoms with Gasteiger partial charge < -0.3 is 0 Å². The summed E-state index contributed by atoms with van der Waals surface area (Å²) in [4.78, 5) is 0. The molecule has 0 bridgehead atoms. The van der Waals surface area contributed by atoms with E-state index in [1.54, 1.807) is 0 Å². The zero-order valence-corrected chi connectivity index (χ0v) is 5.07. The Hall–Kier alpha value is -0.440. The second-order valence-corrected chi connectivity index (χ2v) is 2.14. The van der Waals surface area contributed by atoms with Crippen LogP contribution in [0.5, 0.6) is 0 Å². The molecular formula is C7H12. The molecule has 0 unspecified atom stereocenters. The first-order valence-corrected chi connectivity index (χ1v) is 2.71. The molecule has 0 aromatic heterocycles. The molecule has 0 heteroatoms. The maximum absolute atomic E-state index is 5.03. The van der Waals surface area contributed by atoms with Crippen LogP contribution in [0.25, 0.3) is 0 Å². The molecule has 0 radical (unpaired) electrons. The van der Waals surface area contributed by atoms with Crippen LogP contribution in [0.4, 0.5) is 0 Å². The molecule has 0 fully saturated rings. The molecule has 0 rings (SSSR count). The zero-order valence-electron chi connectivity index (χ0n) is 5.07. The minimum absolute atomic E-state index is 0.760. The largest absolute Gasteiger partial charge is 0.120 e. The molecule has 0 atom stereocenters. The summed E-state index contributed by atoms with van der Waals surface area (Å²) in [6, 6.07) is 0. The zero-order chi connectivity index (χ0) is 5.70. The Kier molecular flexibility index (Phi) is 3.50. The van der Waals surface area contributed by atoms with Crippen molar-refractivity contribution in [3.63, 3.8) is 0 Å². The van der Waals surface area contributed by atoms with Crippen LogP contribution in [0.1, 0.15) is 26.7 Å². The normalized spacial score (nSPS) is 8.86. The first kappa shape index (κ1) is 6.56. The minimum atomic E-state index is 0.760. The van der Waals surface area contributed by atoms with Crippen molar-refractivity contribution in [2.45, 2.75) is 26.7 Å². The fourth-order valence-corrected chi connectivity index (χ4v) is 0.372. The highest BCUT2D eigenvalue weighted by molar-refractivity contribution is 4.83. The van der Waals surface area contributed by atoms with E-state index in [1.165, 1.54) is 0 Å². The number of hydrogen-bond acceptors (Lipinski definition) is 0. The summed E-state index contributed by atoms with van der Waals surface area (Å²) in [6.07, 6.45) is 7.12. The van der Waals surface area contributed by atoms with Crippen LogP contribution in [0.2, 0.25) is 0 Å². The third-order valence-corrected chi connectivity index (χ3v) is 0.866. The van der Waals surface area contributed by atoms with E-state index in [0.717, 1.165) is 18.8 Å². The average Bonchev–Trinajstić information content (AvgIpc) is 1.61. The van der Waals surface area contributed by atoms with E-state index in [-0.39, 0.29) is 0 Å². The molecule has 0 spiro atoms. The second kappa shape index (κ2) is 3.74. The van der Waals surface area contributed by atoms with Crippen molar-refractivity contribution in [2.24, 2.45) is 5.92 Å². The van der Waals surface area contributed by atoms with Crippen molar-refractivity contribution < 1.29 is 0 Å². The monoisotopic (exact) mass is 96.1 g/mol. The highest BCUT2D eigenvalue weighted by Crippen LogP contribution is 2.00. The molecule has 0 aromatic carbocycles. The van der Waals surface area contributed by atoms with E-state index >= 15 is 0 Å². The SMILES string of the molecule is C#CCCC(C)C. The van der Waals surface area contributed by atoms with Gasteiger partial charge in [0.2, 0.25) is 0 Å². The summed E-state index contributed by atoms with van der Waals surface area (Å²) in [5, 5.41) is 0. The maximum atomic E-state index is 5.03. The molecule has 40 valence electrons. The third-order valence-electron chi connectivity index (χ3n) is 0.866. The lowest BCUT2D eigenvalue weighted by molar-refractivity contribution is 0.600. The van der Waals surface area contributed by atoms with Gasteiger partial charge in [-0.3, -0.25) is 0 Å². The van der Waals surface area contributed by atoms with Crippen molar-refractivity contribution in [1.82, 2.24) is 0 Å². The molecular weight excluding hydrogens is 84.1 g/mol. The van der Waals surface area contributed by atoms with E-state index in [2.05, 4.69) is 19.8 Å². The Balaban J connectivity index is 2.86. The van der Waals surface area contributed by atoms with Crippen molar-refractivity contribution in [2.75, 3.05) is 0 Å². The average molecular weight is 96.2 g/mol. The Morgan fingerprint density at radius 3 is 2.29 bits per heavy atom. The van der Waals surface area contributed by atoms with Gasteiger partial charge in [-0.05, 0) is 12.3 Å². The summed E-state index contributed by atoms with van der Waals surface area (Å²) in [5.41, 5.74) is 0. The van der Waals surface area contributed by atoms with Gasteiger partial charge in [0.25, 0.3) is 0 Å². The van der Waals surface area contributed by atoms with E-state index in [0.29, 0.717) is 0 Å². The molecule has 0 nitrogen and oxygen atoms in total. The summed E-state index contributed by atoms with van der Waals surface area (Å²) in [7, 11) is 0. The van der Waals surface area contributed by atoms with Crippen LogP contribution in [0.15, 0.2) is 0 Å². The molecule has 0 aliphatic heterocycles. The summed E-state index contributed by atoms with van der Waals surface area (Å²) >= 11 is 0. The van der Waals surface area contributed by atoms with Crippen LogP contribution in [-0.2, 0) is 0 Å². The highest BCUT2D eigenvalue weighted by atomic mass is 13.9. The van der Waals surface area contributed by atoms with Crippen molar-refractivity contribution >= 4 is 0 Å². The van der Waals surface area contributed by atoms with Gasteiger partial charge in [0, 0.05) is 6.42 Å². The molecule has 0 saturated heterocycles. The predicted octanol–water partition coefficient (Wildman–Crippen LogP) is 2.06. The van der Waals surface area contributed by atoms with Gasteiger partial charge in [-0.25, -0.2) is 0 Å². The molecule has 0 heterocycles. The Morgan fingerprint density at radius 2 is 2.14 bits per heavy atom. The predicted molar refractivity (Wildman–Crippen MR) is 32.9 cm³/mol. The first-order chi connectivity index (χ1) is 3.27. The summed E-state index contributed by atoms with van der Waals surface area (Å²) in [5.74, 6) is 3.36. The van der Waals surface area contributed by atoms with E-state index in [4.69, 9.17) is 6.42 Å². The van der Waals surface area contributed by atoms with Gasteiger partial charge in [-0.2, -0.15) is 0 Å². The quantitative estimate of drug-likeness (QED) is 0.461. The van der Waals surface area contributed by atoms with E-state index < -0.39 is 0 Å². The van der Waals surface area contributed by atoms with Gasteiger partial charge in [0.1, 0.15) is 0 Å². The second-order valence-electron chi connectivity index (χ2n) is 2.14. The fraction of sp³-hybridized carbons (Fsp3) is 0.714. The van der Waals surface area contributed by atoms with Crippen LogP contribution in [0.3, 0.4) is 0 Å². The molecule has 0 aliphatic rings. The highest BCUT2D eigenvalue weighted by Gasteiger charge is 1.87. The standard InChI is InChI=1S/C7H12/c1-4-5-6-7(2)3/h1,7H,5-6H2,2-3H3. The van der Waals surface area contributed by atoms with E-state index in [1.807, 2.05) is 0 Å². The number of hydrogen-bond donors (Lipinski definition) is 0. The van der Waals surface area contributed by atoms with E-state index in [9.17, 15) is 0 Å². The molecule has 0 aromatic rings. The molecule has 7 heavy (non-hydrogen) atoms. The van der Waals surface area contributed by atoms with Gasteiger partial charge in [0.15, 0.2) is 0 Å². The molecule has 0 N–H and O–H groups in total. The van der Waals surface area contributed by atoms with Crippen LogP contribution >= 0.6 is 0 Å². The first-order valence-electron chi connectivity index (χ1n) is 2.71. The maximum Gasteiger partial charge on any atom is 0.00884 e. The fourth-order valence-electron chi connectivity index (χ4n) is 0.372. The number of terminal acetylenes is 1. The third kappa shape index (κ3) is 5.56. The Labute approximate surface area is 45.9 Å². The van der Waals surface area contributed by atoms with Crippen LogP contribution in [0, 0.1) is 18.3 Å². The topological polar surface area (TPSA) is 0 Å². The van der Waals surface area contributed by atoms with Gasteiger partial charge in [-0.1, -0.05) is 13.8 Å². The summed E-state index contributed by atoms with van der Waals surface area (Å²) < 4.78 is 0. The summed E-state index contributed by atoms with van der Waals surface area (Å²) in [6.45, 7) is 4.36. The molecule has 0 aliphatic carbocycles. The lowest BCUT2D eigenvalue weighted by atomic mass is 10.1. The van der Waals surface area contributed by atoms with Gasteiger partial charge >= 0.3 is 0 Å². The minimum Gasteiger partial charge on any atom is -0.120 e. The van der Waals surface area contributed by atoms with Crippen molar-refractivity contribution in [3.05, 3.63) is 0 Å². The van der Waals surface area contributed by atoms with Crippen LogP contribution < -0.4 is 0 Å². The lowest BCUT2D eigenvalue weighted by Gasteiger charge is -1.95. The van der Waals surface area contributed by atoms with Gasteiger partial charge in [0.05, 0.1) is 0 Å². The molecule has 0 saturated carbocycles. The van der Waals surface area contributed by atoms with Crippen molar-refractivity contribution in [3.8, 4) is 12.3 Å². The van der Waals surface area contributed by atoms with Crippen molar-refractivity contribution in [1.29, 1.82) is 0 Å². The van der Waals surface area contributed by atoms with Gasteiger partial charge in [-0.15, -0.1) is 12.3 Å². The Morgan fingerprint density at radius 1 is 1.57 bits per heavy atom. The number of rotatable bonds is 2. The lowest BCUT2D eigenvalue weighted by Crippen LogP contribution is -1.82. The van der Waals surface area contributed by atoms with Crippen LogP contribution in [-0.4, -0.2) is 0 Å².